The average Bonchev–Trinajstić information content (AvgIpc) is 2.54. The average molecular weight is 468 g/mol. The lowest BCUT2D eigenvalue weighted by Gasteiger charge is -2.42. The minimum absolute atomic E-state index is 0.000295. The third-order valence-corrected chi connectivity index (χ3v) is 5.88. The van der Waals surface area contributed by atoms with Gasteiger partial charge in [-0.05, 0) is 72.6 Å². The highest BCUT2D eigenvalue weighted by molar-refractivity contribution is 7.71. The molecule has 9 nitrogen and oxygen atoms in total. The minimum atomic E-state index is -2.58. The Hall–Kier alpha value is -1.72. The topological polar surface area (TPSA) is 155 Å². The van der Waals surface area contributed by atoms with Gasteiger partial charge in [-0.2, -0.15) is 16.8 Å². The maximum Gasteiger partial charge on any atom is 0.310 e. The SMILES string of the molecule is CC1(C)CCCC(C)(C)N1.O=C(O)CCCC(CC=S(=O)=O)(CC=S(=O)=O)C(=O)O. The van der Waals surface area contributed by atoms with Crippen LogP contribution < -0.4 is 5.32 Å². The Balaban J connectivity index is 0.000000696. The molecule has 1 saturated heterocycles. The van der Waals surface area contributed by atoms with Gasteiger partial charge < -0.3 is 15.5 Å². The van der Waals surface area contributed by atoms with Crippen molar-refractivity contribution in [2.45, 2.75) is 90.1 Å². The summed E-state index contributed by atoms with van der Waals surface area (Å²) in [6.45, 7) is 9.14. The van der Waals surface area contributed by atoms with Gasteiger partial charge in [-0.25, -0.2) is 0 Å². The van der Waals surface area contributed by atoms with Crippen molar-refractivity contribution in [3.05, 3.63) is 0 Å². The van der Waals surface area contributed by atoms with Crippen LogP contribution in [0.25, 0.3) is 0 Å². The first-order valence-corrected chi connectivity index (χ1v) is 12.0. The predicted molar refractivity (Wildman–Crippen MR) is 116 cm³/mol. The molecule has 0 aromatic carbocycles. The second kappa shape index (κ2) is 12.2. The van der Waals surface area contributed by atoms with Gasteiger partial charge in [-0.3, -0.25) is 9.59 Å². The zero-order valence-electron chi connectivity index (χ0n) is 18.0. The summed E-state index contributed by atoms with van der Waals surface area (Å²) in [5.74, 6) is -2.48. The summed E-state index contributed by atoms with van der Waals surface area (Å²) < 4.78 is 42.1. The molecule has 0 amide bonds. The fourth-order valence-corrected chi connectivity index (χ4v) is 4.53. The van der Waals surface area contributed by atoms with Gasteiger partial charge in [0.15, 0.2) is 0 Å². The fraction of sp³-hybridized carbons (Fsp3) is 0.789. The second-order valence-electron chi connectivity index (χ2n) is 8.84. The van der Waals surface area contributed by atoms with Gasteiger partial charge in [0.05, 0.1) is 5.41 Å². The summed E-state index contributed by atoms with van der Waals surface area (Å²) in [5, 5.41) is 22.8. The molecule has 1 aliphatic rings. The van der Waals surface area contributed by atoms with Crippen LogP contribution in [-0.2, 0) is 30.2 Å². The first-order valence-electron chi connectivity index (χ1n) is 9.68. The zero-order chi connectivity index (χ0) is 23.6. The van der Waals surface area contributed by atoms with Crippen molar-refractivity contribution in [1.29, 1.82) is 0 Å². The number of rotatable bonds is 9. The Bertz CT molecular complexity index is 802. The van der Waals surface area contributed by atoms with E-state index in [-0.39, 0.29) is 19.3 Å². The molecule has 0 bridgehead atoms. The molecular weight excluding hydrogens is 434 g/mol. The lowest BCUT2D eigenvalue weighted by atomic mass is 9.78. The Morgan fingerprint density at radius 3 is 1.63 bits per heavy atom. The van der Waals surface area contributed by atoms with E-state index < -0.39 is 50.8 Å². The molecule has 0 aliphatic carbocycles. The van der Waals surface area contributed by atoms with Crippen molar-refractivity contribution in [2.24, 2.45) is 5.41 Å². The molecule has 0 radical (unpaired) electrons. The van der Waals surface area contributed by atoms with Crippen molar-refractivity contribution >= 4 is 43.3 Å². The molecule has 0 saturated carbocycles. The number of hydrogen-bond acceptors (Lipinski definition) is 7. The molecule has 11 heteroatoms. The second-order valence-corrected chi connectivity index (χ2v) is 10.6. The highest BCUT2D eigenvalue weighted by Gasteiger charge is 2.37. The number of aliphatic carboxylic acids is 2. The van der Waals surface area contributed by atoms with Crippen LogP contribution in [0.2, 0.25) is 0 Å². The maximum absolute atomic E-state index is 11.3. The lowest BCUT2D eigenvalue weighted by Crippen LogP contribution is -2.55. The van der Waals surface area contributed by atoms with Gasteiger partial charge in [0, 0.05) is 28.2 Å². The van der Waals surface area contributed by atoms with Crippen molar-refractivity contribution in [2.75, 3.05) is 0 Å². The fourth-order valence-electron chi connectivity index (χ4n) is 3.62. The van der Waals surface area contributed by atoms with Crippen molar-refractivity contribution < 1.29 is 36.6 Å². The summed E-state index contributed by atoms with van der Waals surface area (Å²) in [6.07, 6.45) is 2.78. The Morgan fingerprint density at radius 2 is 1.37 bits per heavy atom. The highest BCUT2D eigenvalue weighted by atomic mass is 32.2. The molecule has 1 rings (SSSR count). The molecule has 174 valence electrons. The molecule has 0 aromatic rings. The number of hydrogen-bond donors (Lipinski definition) is 3. The zero-order valence-corrected chi connectivity index (χ0v) is 19.6. The third-order valence-electron chi connectivity index (χ3n) is 5.00. The van der Waals surface area contributed by atoms with Gasteiger partial charge in [0.25, 0.3) is 0 Å². The van der Waals surface area contributed by atoms with Gasteiger partial charge in [-0.1, -0.05) is 0 Å². The van der Waals surface area contributed by atoms with Gasteiger partial charge in [0.1, 0.15) is 0 Å². The van der Waals surface area contributed by atoms with Crippen LogP contribution in [0.15, 0.2) is 0 Å². The van der Waals surface area contributed by atoms with Crippen LogP contribution in [0.3, 0.4) is 0 Å². The summed E-state index contributed by atoms with van der Waals surface area (Å²) in [4.78, 5) is 21.8. The summed E-state index contributed by atoms with van der Waals surface area (Å²) >= 11 is 0. The van der Waals surface area contributed by atoms with E-state index in [4.69, 9.17) is 5.11 Å². The number of nitrogens with one attached hydrogen (secondary N) is 1. The van der Waals surface area contributed by atoms with E-state index in [1.807, 2.05) is 0 Å². The molecule has 0 unspecified atom stereocenters. The number of piperidine rings is 1. The Labute approximate surface area is 180 Å². The largest absolute Gasteiger partial charge is 0.481 e. The Kier molecular flexibility index (Phi) is 11.5. The van der Waals surface area contributed by atoms with Crippen LogP contribution in [-0.4, -0.2) is 60.8 Å². The molecule has 30 heavy (non-hydrogen) atoms. The first kappa shape index (κ1) is 28.3. The molecule has 0 aromatic heterocycles. The van der Waals surface area contributed by atoms with E-state index in [0.717, 1.165) is 10.7 Å². The summed E-state index contributed by atoms with van der Waals surface area (Å²) in [6, 6.07) is 0. The van der Waals surface area contributed by atoms with Crippen molar-refractivity contribution in [3.8, 4) is 0 Å². The molecule has 3 N–H and O–H groups in total. The molecule has 0 spiro atoms. The number of carbonyl (C=O) groups is 2. The molecule has 1 aliphatic heterocycles. The molecular formula is C19H33NO8S2. The van der Waals surface area contributed by atoms with Crippen molar-refractivity contribution in [3.63, 3.8) is 0 Å². The van der Waals surface area contributed by atoms with E-state index in [0.29, 0.717) is 11.1 Å². The van der Waals surface area contributed by atoms with Crippen LogP contribution in [0.1, 0.15) is 79.1 Å². The minimum Gasteiger partial charge on any atom is -0.481 e. The predicted octanol–water partition coefficient (Wildman–Crippen LogP) is 1.77. The van der Waals surface area contributed by atoms with Crippen LogP contribution in [0.5, 0.6) is 0 Å². The lowest BCUT2D eigenvalue weighted by molar-refractivity contribution is -0.149. The Morgan fingerprint density at radius 1 is 0.933 bits per heavy atom. The maximum atomic E-state index is 11.3. The first-order chi connectivity index (χ1) is 13.6. The summed E-state index contributed by atoms with van der Waals surface area (Å²) in [7, 11) is -5.16. The van der Waals surface area contributed by atoms with Gasteiger partial charge in [-0.15, -0.1) is 0 Å². The molecule has 1 heterocycles. The smallest absolute Gasteiger partial charge is 0.310 e. The normalized spacial score (nSPS) is 17.1. The third kappa shape index (κ3) is 12.1. The molecule has 0 atom stereocenters. The van der Waals surface area contributed by atoms with Gasteiger partial charge in [0.2, 0.25) is 20.6 Å². The van der Waals surface area contributed by atoms with Crippen LogP contribution >= 0.6 is 0 Å². The molecule has 1 fully saturated rings. The van der Waals surface area contributed by atoms with E-state index >= 15 is 0 Å². The highest BCUT2D eigenvalue weighted by Crippen LogP contribution is 2.32. The van der Waals surface area contributed by atoms with E-state index in [2.05, 4.69) is 33.0 Å². The van der Waals surface area contributed by atoms with E-state index in [9.17, 15) is 31.5 Å². The van der Waals surface area contributed by atoms with Crippen LogP contribution in [0, 0.1) is 5.41 Å². The number of carboxylic acids is 2. The van der Waals surface area contributed by atoms with E-state index in [1.54, 1.807) is 0 Å². The monoisotopic (exact) mass is 467 g/mol. The summed E-state index contributed by atoms with van der Waals surface area (Å²) in [5.41, 5.74) is -0.918. The number of carboxylic acid groups (broad SMARTS) is 2. The quantitative estimate of drug-likeness (QED) is 0.430. The van der Waals surface area contributed by atoms with Crippen LogP contribution in [0.4, 0.5) is 0 Å². The van der Waals surface area contributed by atoms with Crippen molar-refractivity contribution in [1.82, 2.24) is 5.32 Å². The standard InChI is InChI=1S/C10H14O8S2.C9H19N/c11-8(12)2-1-3-10(9(13)14,4-6-19(15)16)5-7-20(17)18;1-8(2)6-5-7-9(3,4)10-8/h6-7H,1-5H2,(H,11,12)(H,13,14);10H,5-7H2,1-4H3. The van der Waals surface area contributed by atoms with E-state index in [1.165, 1.54) is 19.3 Å². The van der Waals surface area contributed by atoms with Gasteiger partial charge >= 0.3 is 11.9 Å².